The maximum atomic E-state index is 13.1. The van der Waals surface area contributed by atoms with Crippen molar-refractivity contribution in [2.45, 2.75) is 53.6 Å². The Morgan fingerprint density at radius 2 is 0.933 bits per heavy atom. The minimum Gasteiger partial charge on any atom is -0.743 e. The van der Waals surface area contributed by atoms with Gasteiger partial charge in [0.05, 0.1) is 6.42 Å². The molecule has 176 valence electrons. The van der Waals surface area contributed by atoms with Crippen molar-refractivity contribution >= 4 is 10.1 Å². The topological polar surface area (TPSA) is 57.2 Å². The van der Waals surface area contributed by atoms with E-state index < -0.39 is 63.8 Å². The third-order valence-electron chi connectivity index (χ3n) is 3.09. The molecule has 0 spiro atoms. The van der Waals surface area contributed by atoms with Crippen molar-refractivity contribution in [3.63, 3.8) is 0 Å². The Balaban J connectivity index is 0. The second-order valence-electron chi connectivity index (χ2n) is 5.18. The van der Waals surface area contributed by atoms with E-state index in [0.29, 0.717) is 0 Å². The molecule has 0 saturated heterocycles. The molecule has 3 nitrogen and oxygen atoms in total. The summed E-state index contributed by atoms with van der Waals surface area (Å²) in [6.45, 7) is 0. The van der Waals surface area contributed by atoms with Crippen molar-refractivity contribution in [3.8, 4) is 0 Å². The van der Waals surface area contributed by atoms with E-state index in [9.17, 15) is 83.2 Å². The zero-order chi connectivity index (χ0) is 24.3. The predicted octanol–water partition coefficient (Wildman–Crippen LogP) is 1.60. The van der Waals surface area contributed by atoms with Gasteiger partial charge < -0.3 is 4.55 Å². The van der Waals surface area contributed by atoms with Crippen LogP contribution in [0.3, 0.4) is 0 Å². The normalized spacial score (nSPS) is 16.8. The van der Waals surface area contributed by atoms with Gasteiger partial charge in [-0.05, 0) is 0 Å². The summed E-state index contributed by atoms with van der Waals surface area (Å²) in [6.07, 6.45) is -15.3. The monoisotopic (exact) mass is 534 g/mol. The predicted molar refractivity (Wildman–Crippen MR) is 54.9 cm³/mol. The summed E-state index contributed by atoms with van der Waals surface area (Å²) in [5.74, 6) is -41.1. The largest absolute Gasteiger partial charge is 1.00 e. The summed E-state index contributed by atoms with van der Waals surface area (Å²) in [7, 11) is -8.03. The van der Waals surface area contributed by atoms with Crippen LogP contribution in [0.5, 0.6) is 0 Å². The fourth-order valence-electron chi connectivity index (χ4n) is 1.47. The van der Waals surface area contributed by atoms with Crippen LogP contribution in [0.2, 0.25) is 0 Å². The summed E-state index contributed by atoms with van der Waals surface area (Å²) in [4.78, 5) is 0. The van der Waals surface area contributed by atoms with Crippen LogP contribution in [-0.4, -0.2) is 60.2 Å². The molecule has 0 aromatic rings. The molecule has 0 aromatic heterocycles. The fourth-order valence-corrected chi connectivity index (χ4v) is 1.91. The van der Waals surface area contributed by atoms with Gasteiger partial charge in [-0.1, -0.05) is 0 Å². The minimum atomic E-state index is -8.54. The quantitative estimate of drug-likeness (QED) is 0.270. The second-order valence-corrected chi connectivity index (χ2v) is 6.60. The van der Waals surface area contributed by atoms with Gasteiger partial charge in [0.1, 0.15) is 0 Å². The molecule has 0 heterocycles. The minimum absolute atomic E-state index is 0. The Hall–Kier alpha value is 0.426. The van der Waals surface area contributed by atoms with Crippen LogP contribution >= 0.6 is 0 Å². The number of hydrogen-bond acceptors (Lipinski definition) is 3. The van der Waals surface area contributed by atoms with Gasteiger partial charge in [0.15, 0.2) is 16.3 Å². The molecule has 21 heteroatoms. The zero-order valence-corrected chi connectivity index (χ0v) is 17.4. The van der Waals surface area contributed by atoms with Gasteiger partial charge in [-0.25, -0.2) is 12.8 Å². The summed E-state index contributed by atoms with van der Waals surface area (Å²) < 4.78 is 234. The fraction of sp³-hybridized carbons (Fsp3) is 1.00. The first-order chi connectivity index (χ1) is 12.1. The molecule has 0 aliphatic heterocycles. The maximum absolute atomic E-state index is 13.1. The molecular formula is C9H3F16KO3S. The van der Waals surface area contributed by atoms with Gasteiger partial charge in [-0.15, -0.1) is 0 Å². The first-order valence-electron chi connectivity index (χ1n) is 6.06. The van der Waals surface area contributed by atoms with E-state index in [1.54, 1.807) is 0 Å². The van der Waals surface area contributed by atoms with Crippen LogP contribution in [0.1, 0.15) is 6.42 Å². The van der Waals surface area contributed by atoms with Gasteiger partial charge >= 0.3 is 92.4 Å². The van der Waals surface area contributed by atoms with Crippen molar-refractivity contribution in [1.29, 1.82) is 0 Å². The Morgan fingerprint density at radius 3 is 1.20 bits per heavy atom. The Labute approximate surface area is 197 Å². The van der Waals surface area contributed by atoms with Gasteiger partial charge in [0, 0.05) is 0 Å². The van der Waals surface area contributed by atoms with E-state index in [2.05, 4.69) is 0 Å². The second kappa shape index (κ2) is 8.65. The van der Waals surface area contributed by atoms with Crippen LogP contribution in [0.25, 0.3) is 0 Å². The Bertz CT molecular complexity index is 714. The van der Waals surface area contributed by atoms with Crippen molar-refractivity contribution in [3.05, 3.63) is 0 Å². The molecule has 30 heavy (non-hydrogen) atoms. The van der Waals surface area contributed by atoms with Crippen LogP contribution in [0.15, 0.2) is 0 Å². The summed E-state index contributed by atoms with van der Waals surface area (Å²) >= 11 is 0. The molecule has 0 bridgehead atoms. The molecule has 0 fully saturated rings. The smallest absolute Gasteiger partial charge is 0.743 e. The third-order valence-corrected chi connectivity index (χ3v) is 3.97. The molecule has 0 radical (unpaired) electrons. The molecule has 0 rings (SSSR count). The molecule has 0 aromatic carbocycles. The van der Waals surface area contributed by atoms with Gasteiger partial charge in [-0.3, -0.25) is 0 Å². The Kier molecular flexibility index (Phi) is 9.40. The van der Waals surface area contributed by atoms with Gasteiger partial charge in [0.2, 0.25) is 0 Å². The first-order valence-corrected chi connectivity index (χ1v) is 7.47. The molecule has 0 saturated carbocycles. The first kappa shape index (κ1) is 32.6. The van der Waals surface area contributed by atoms with Crippen molar-refractivity contribution in [1.82, 2.24) is 0 Å². The van der Waals surface area contributed by atoms with E-state index in [-0.39, 0.29) is 51.4 Å². The van der Waals surface area contributed by atoms with E-state index in [4.69, 9.17) is 0 Å². The Morgan fingerprint density at radius 1 is 0.633 bits per heavy atom. The standard InChI is InChI=1S/C9H4F16O3S.K/c10-2(1-3(11,12)13)4(14,15)5(16,17)6(18,19)7(20,21)8(22,23)9(24,25)29(26,27)28;/h2H,1H2,(H,26,27,28);/q;+1/p-1. The average Bonchev–Trinajstić information content (AvgIpc) is 2.42. The number of hydrogen-bond donors (Lipinski definition) is 0. The van der Waals surface area contributed by atoms with Gasteiger partial charge in [0.25, 0.3) is 0 Å². The van der Waals surface area contributed by atoms with Crippen molar-refractivity contribution in [2.24, 2.45) is 0 Å². The number of halogens is 16. The number of alkyl halides is 16. The van der Waals surface area contributed by atoms with Crippen LogP contribution in [-0.2, 0) is 10.1 Å². The molecule has 0 aliphatic rings. The molecule has 0 N–H and O–H groups in total. The van der Waals surface area contributed by atoms with Gasteiger partial charge in [-0.2, -0.15) is 65.9 Å². The van der Waals surface area contributed by atoms with E-state index in [0.717, 1.165) is 0 Å². The third kappa shape index (κ3) is 5.00. The SMILES string of the molecule is O=S(=O)([O-])C(F)(F)C(F)(F)C(F)(F)C(F)(F)C(F)(F)C(F)(F)C(F)CC(F)(F)F.[K+]. The van der Waals surface area contributed by atoms with Crippen LogP contribution < -0.4 is 51.4 Å². The van der Waals surface area contributed by atoms with Crippen LogP contribution in [0, 0.1) is 0 Å². The summed E-state index contributed by atoms with van der Waals surface area (Å²) in [6, 6.07) is 0. The maximum Gasteiger partial charge on any atom is 1.00 e. The summed E-state index contributed by atoms with van der Waals surface area (Å²) in [5.41, 5.74) is 0. The van der Waals surface area contributed by atoms with Crippen LogP contribution in [0.4, 0.5) is 70.2 Å². The molecule has 1 unspecified atom stereocenters. The molecule has 1 atom stereocenters. The molecule has 0 aliphatic carbocycles. The average molecular weight is 534 g/mol. The zero-order valence-electron chi connectivity index (χ0n) is 13.5. The summed E-state index contributed by atoms with van der Waals surface area (Å²) in [5, 5.41) is -7.81. The van der Waals surface area contributed by atoms with E-state index in [1.165, 1.54) is 0 Å². The number of rotatable bonds is 8. The molecular weight excluding hydrogens is 531 g/mol. The molecule has 0 amide bonds. The van der Waals surface area contributed by atoms with Crippen molar-refractivity contribution < 1.29 is 135 Å². The van der Waals surface area contributed by atoms with E-state index >= 15 is 0 Å². The van der Waals surface area contributed by atoms with E-state index in [1.807, 2.05) is 0 Å². The van der Waals surface area contributed by atoms with Crippen molar-refractivity contribution in [2.75, 3.05) is 0 Å².